The Balaban J connectivity index is 1.87. The normalized spacial score (nSPS) is 10.4. The standard InChI is InChI=1S/C19H21NO4S/c1-13-4-7-17(10-14(13)2)25-16-8-5-15(6-9-16)20-18(21)11-24-19(22)12-23-3/h4-10H,11-12H2,1-3H3,(H,20,21). The summed E-state index contributed by atoms with van der Waals surface area (Å²) in [6.07, 6.45) is 0. The molecule has 0 aromatic heterocycles. The molecule has 0 unspecified atom stereocenters. The van der Waals surface area contributed by atoms with Gasteiger partial charge >= 0.3 is 5.97 Å². The van der Waals surface area contributed by atoms with Crippen molar-refractivity contribution in [1.29, 1.82) is 0 Å². The van der Waals surface area contributed by atoms with Crippen molar-refractivity contribution in [2.24, 2.45) is 0 Å². The molecule has 1 N–H and O–H groups in total. The van der Waals surface area contributed by atoms with E-state index in [2.05, 4.69) is 42.1 Å². The van der Waals surface area contributed by atoms with Gasteiger partial charge in [-0.1, -0.05) is 17.8 Å². The number of hydrogen-bond acceptors (Lipinski definition) is 5. The zero-order valence-electron chi connectivity index (χ0n) is 14.5. The third-order valence-electron chi connectivity index (χ3n) is 3.48. The Bertz CT molecular complexity index is 744. The minimum absolute atomic E-state index is 0.169. The lowest BCUT2D eigenvalue weighted by Gasteiger charge is -2.08. The average molecular weight is 359 g/mol. The van der Waals surface area contributed by atoms with E-state index in [-0.39, 0.29) is 19.1 Å². The maximum absolute atomic E-state index is 11.7. The smallest absolute Gasteiger partial charge is 0.332 e. The predicted octanol–water partition coefficient (Wildman–Crippen LogP) is 3.58. The fraction of sp³-hybridized carbons (Fsp3) is 0.263. The Morgan fingerprint density at radius 1 is 0.960 bits per heavy atom. The van der Waals surface area contributed by atoms with Crippen LogP contribution in [-0.4, -0.2) is 32.2 Å². The second-order valence-electron chi connectivity index (χ2n) is 5.51. The predicted molar refractivity (Wildman–Crippen MR) is 97.9 cm³/mol. The van der Waals surface area contributed by atoms with Crippen LogP contribution in [0.25, 0.3) is 0 Å². The molecule has 2 aromatic rings. The van der Waals surface area contributed by atoms with E-state index in [1.165, 1.54) is 23.1 Å². The van der Waals surface area contributed by atoms with Crippen molar-refractivity contribution in [3.8, 4) is 0 Å². The molecule has 0 fully saturated rings. The molecule has 0 spiro atoms. The van der Waals surface area contributed by atoms with E-state index in [0.717, 1.165) is 4.90 Å². The maximum Gasteiger partial charge on any atom is 0.332 e. The number of anilines is 1. The lowest BCUT2D eigenvalue weighted by molar-refractivity contribution is -0.150. The number of carbonyl (C=O) groups excluding carboxylic acids is 2. The SMILES string of the molecule is COCC(=O)OCC(=O)Nc1ccc(Sc2ccc(C)c(C)c2)cc1. The number of rotatable bonds is 7. The summed E-state index contributed by atoms with van der Waals surface area (Å²) in [7, 11) is 1.39. The van der Waals surface area contributed by atoms with Crippen LogP contribution in [0.2, 0.25) is 0 Å². The van der Waals surface area contributed by atoms with Gasteiger partial charge < -0.3 is 14.8 Å². The van der Waals surface area contributed by atoms with E-state index in [1.807, 2.05) is 24.3 Å². The molecular formula is C19H21NO4S. The van der Waals surface area contributed by atoms with Crippen molar-refractivity contribution in [1.82, 2.24) is 0 Å². The van der Waals surface area contributed by atoms with Gasteiger partial charge in [0.1, 0.15) is 6.61 Å². The first kappa shape index (κ1) is 19.0. The van der Waals surface area contributed by atoms with Crippen molar-refractivity contribution in [2.75, 3.05) is 25.6 Å². The van der Waals surface area contributed by atoms with Crippen LogP contribution < -0.4 is 5.32 Å². The Labute approximate surface area is 151 Å². The highest BCUT2D eigenvalue weighted by molar-refractivity contribution is 7.99. The van der Waals surface area contributed by atoms with Crippen molar-refractivity contribution in [3.05, 3.63) is 53.6 Å². The highest BCUT2D eigenvalue weighted by atomic mass is 32.2. The number of hydrogen-bond donors (Lipinski definition) is 1. The van der Waals surface area contributed by atoms with Crippen LogP contribution in [0, 0.1) is 13.8 Å². The number of carbonyl (C=O) groups is 2. The summed E-state index contributed by atoms with van der Waals surface area (Å²) in [6.45, 7) is 3.68. The van der Waals surface area contributed by atoms with Gasteiger partial charge in [0.05, 0.1) is 0 Å². The average Bonchev–Trinajstić information content (AvgIpc) is 2.58. The molecule has 0 bridgehead atoms. The molecule has 0 aliphatic heterocycles. The molecule has 0 saturated heterocycles. The second kappa shape index (κ2) is 9.25. The van der Waals surface area contributed by atoms with Gasteiger partial charge in [-0.15, -0.1) is 0 Å². The summed E-state index contributed by atoms with van der Waals surface area (Å²) in [4.78, 5) is 25.1. The summed E-state index contributed by atoms with van der Waals surface area (Å²) in [5.74, 6) is -0.961. The van der Waals surface area contributed by atoms with Crippen LogP contribution in [0.5, 0.6) is 0 Å². The Morgan fingerprint density at radius 3 is 2.28 bits per heavy atom. The second-order valence-corrected chi connectivity index (χ2v) is 6.66. The molecule has 0 aliphatic carbocycles. The zero-order chi connectivity index (χ0) is 18.2. The number of esters is 1. The quantitative estimate of drug-likeness (QED) is 0.766. The fourth-order valence-corrected chi connectivity index (χ4v) is 2.94. The van der Waals surface area contributed by atoms with Crippen LogP contribution in [0.4, 0.5) is 5.69 Å². The molecule has 6 heteroatoms. The van der Waals surface area contributed by atoms with Crippen molar-refractivity contribution < 1.29 is 19.1 Å². The van der Waals surface area contributed by atoms with Gasteiger partial charge in [0.25, 0.3) is 5.91 Å². The first-order valence-corrected chi connectivity index (χ1v) is 8.59. The topological polar surface area (TPSA) is 64.6 Å². The summed E-state index contributed by atoms with van der Waals surface area (Å²) in [5.41, 5.74) is 3.18. The van der Waals surface area contributed by atoms with Crippen LogP contribution >= 0.6 is 11.8 Å². The molecule has 0 radical (unpaired) electrons. The van der Waals surface area contributed by atoms with Crippen LogP contribution in [-0.2, 0) is 19.1 Å². The molecule has 0 aliphatic rings. The number of amides is 1. The van der Waals surface area contributed by atoms with E-state index >= 15 is 0 Å². The minimum atomic E-state index is -0.571. The van der Waals surface area contributed by atoms with Gasteiger partial charge in [0.15, 0.2) is 6.61 Å². The fourth-order valence-electron chi connectivity index (χ4n) is 2.02. The number of ether oxygens (including phenoxy) is 2. The van der Waals surface area contributed by atoms with Gasteiger partial charge in [-0.2, -0.15) is 0 Å². The first-order valence-electron chi connectivity index (χ1n) is 7.77. The van der Waals surface area contributed by atoms with E-state index in [9.17, 15) is 9.59 Å². The monoisotopic (exact) mass is 359 g/mol. The molecule has 2 rings (SSSR count). The molecule has 0 saturated carbocycles. The van der Waals surface area contributed by atoms with Gasteiger partial charge in [0, 0.05) is 22.6 Å². The summed E-state index contributed by atoms with van der Waals surface area (Å²) < 4.78 is 9.38. The third-order valence-corrected chi connectivity index (χ3v) is 4.48. The minimum Gasteiger partial charge on any atom is -0.454 e. The number of aryl methyl sites for hydroxylation is 2. The lowest BCUT2D eigenvalue weighted by Crippen LogP contribution is -2.22. The van der Waals surface area contributed by atoms with Crippen LogP contribution in [0.15, 0.2) is 52.3 Å². The van der Waals surface area contributed by atoms with Crippen molar-refractivity contribution >= 4 is 29.3 Å². The molecule has 25 heavy (non-hydrogen) atoms. The van der Waals surface area contributed by atoms with Gasteiger partial charge in [-0.25, -0.2) is 4.79 Å². The number of benzene rings is 2. The van der Waals surface area contributed by atoms with E-state index in [1.54, 1.807) is 11.8 Å². The van der Waals surface area contributed by atoms with Crippen LogP contribution in [0.3, 0.4) is 0 Å². The third kappa shape index (κ3) is 6.25. The summed E-state index contributed by atoms with van der Waals surface area (Å²) >= 11 is 1.66. The molecule has 2 aromatic carbocycles. The molecule has 5 nitrogen and oxygen atoms in total. The number of methoxy groups -OCH3 is 1. The largest absolute Gasteiger partial charge is 0.454 e. The van der Waals surface area contributed by atoms with E-state index in [0.29, 0.717) is 5.69 Å². The highest BCUT2D eigenvalue weighted by Gasteiger charge is 2.07. The van der Waals surface area contributed by atoms with Crippen molar-refractivity contribution in [3.63, 3.8) is 0 Å². The van der Waals surface area contributed by atoms with Crippen molar-refractivity contribution in [2.45, 2.75) is 23.6 Å². The van der Waals surface area contributed by atoms with E-state index < -0.39 is 5.97 Å². The molecule has 0 heterocycles. The number of nitrogens with one attached hydrogen (secondary N) is 1. The van der Waals surface area contributed by atoms with Gasteiger partial charge in [0.2, 0.25) is 0 Å². The Hall–Kier alpha value is -2.31. The maximum atomic E-state index is 11.7. The molecule has 132 valence electrons. The molecule has 1 amide bonds. The lowest BCUT2D eigenvalue weighted by atomic mass is 10.1. The first-order chi connectivity index (χ1) is 12.0. The Morgan fingerprint density at radius 2 is 1.64 bits per heavy atom. The van der Waals surface area contributed by atoms with E-state index in [4.69, 9.17) is 4.74 Å². The van der Waals surface area contributed by atoms with Gasteiger partial charge in [-0.05, 0) is 61.4 Å². The Kier molecular flexibility index (Phi) is 7.03. The summed E-state index contributed by atoms with van der Waals surface area (Å²) in [5, 5.41) is 2.68. The highest BCUT2D eigenvalue weighted by Crippen LogP contribution is 2.29. The summed E-state index contributed by atoms with van der Waals surface area (Å²) in [6, 6.07) is 13.9. The zero-order valence-corrected chi connectivity index (χ0v) is 15.3. The van der Waals surface area contributed by atoms with Crippen LogP contribution in [0.1, 0.15) is 11.1 Å². The molecule has 0 atom stereocenters. The van der Waals surface area contributed by atoms with Gasteiger partial charge in [-0.3, -0.25) is 4.79 Å². The molecular weight excluding hydrogens is 338 g/mol.